The van der Waals surface area contributed by atoms with Crippen molar-refractivity contribution in [3.8, 4) is 0 Å². The minimum absolute atomic E-state index is 0.0997. The van der Waals surface area contributed by atoms with E-state index in [-0.39, 0.29) is 5.56 Å². The lowest BCUT2D eigenvalue weighted by molar-refractivity contribution is -0.175. The van der Waals surface area contributed by atoms with Gasteiger partial charge in [-0.2, -0.15) is 13.2 Å². The number of carbonyl (C=O) groups is 2. The molecule has 0 bridgehead atoms. The molecular formula is C11H9F4NO3. The number of hydrogen-bond acceptors (Lipinski definition) is 2. The van der Waals surface area contributed by atoms with Gasteiger partial charge in [-0.3, -0.25) is 4.79 Å². The first-order valence-corrected chi connectivity index (χ1v) is 5.05. The minimum atomic E-state index is -5.19. The van der Waals surface area contributed by atoms with Crippen LogP contribution >= 0.6 is 0 Å². The van der Waals surface area contributed by atoms with Gasteiger partial charge in [0.2, 0.25) is 0 Å². The Labute approximate surface area is 105 Å². The molecule has 2 N–H and O–H groups in total. The van der Waals surface area contributed by atoms with Crippen LogP contribution in [0.5, 0.6) is 0 Å². The maximum absolute atomic E-state index is 13.3. The number of hydrogen-bond donors (Lipinski definition) is 2. The van der Waals surface area contributed by atoms with Crippen LogP contribution in [0.1, 0.15) is 5.56 Å². The summed E-state index contributed by atoms with van der Waals surface area (Å²) in [6.45, 7) is 0. The molecule has 19 heavy (non-hydrogen) atoms. The molecule has 4 nitrogen and oxygen atoms in total. The fourth-order valence-electron chi connectivity index (χ4n) is 1.32. The van der Waals surface area contributed by atoms with Crippen LogP contribution in [-0.4, -0.2) is 29.2 Å². The zero-order valence-electron chi connectivity index (χ0n) is 9.37. The Balaban J connectivity index is 2.83. The van der Waals surface area contributed by atoms with E-state index in [0.717, 1.165) is 6.07 Å². The molecular weight excluding hydrogens is 270 g/mol. The van der Waals surface area contributed by atoms with Gasteiger partial charge in [-0.15, -0.1) is 0 Å². The maximum Gasteiger partial charge on any atom is 0.471 e. The van der Waals surface area contributed by atoms with E-state index in [1.165, 1.54) is 23.5 Å². The van der Waals surface area contributed by atoms with Gasteiger partial charge in [0.15, 0.2) is 0 Å². The van der Waals surface area contributed by atoms with E-state index in [1.807, 2.05) is 0 Å². The number of amides is 1. The molecule has 0 unspecified atom stereocenters. The molecule has 104 valence electrons. The van der Waals surface area contributed by atoms with E-state index in [1.54, 1.807) is 0 Å². The van der Waals surface area contributed by atoms with Gasteiger partial charge in [-0.25, -0.2) is 9.18 Å². The van der Waals surface area contributed by atoms with Crippen LogP contribution in [0.2, 0.25) is 0 Å². The van der Waals surface area contributed by atoms with Gasteiger partial charge in [-0.05, 0) is 11.6 Å². The summed E-state index contributed by atoms with van der Waals surface area (Å²) < 4.78 is 49.3. The third kappa shape index (κ3) is 4.23. The molecule has 1 aromatic carbocycles. The van der Waals surface area contributed by atoms with Crippen LogP contribution in [-0.2, 0) is 16.0 Å². The van der Waals surface area contributed by atoms with Crippen molar-refractivity contribution in [3.63, 3.8) is 0 Å². The standard InChI is InChI=1S/C11H9F4NO3/c12-7-4-2-1-3-6(7)5-8(9(17)18)16-10(19)11(13,14)15/h1-4,8H,5H2,(H,16,19)(H,17,18)/t8-/m0/s1. The normalized spacial score (nSPS) is 12.8. The van der Waals surface area contributed by atoms with Gasteiger partial charge >= 0.3 is 18.1 Å². The highest BCUT2D eigenvalue weighted by atomic mass is 19.4. The second-order valence-corrected chi connectivity index (χ2v) is 3.66. The summed E-state index contributed by atoms with van der Waals surface area (Å²) in [4.78, 5) is 21.4. The fourth-order valence-corrected chi connectivity index (χ4v) is 1.32. The number of halogens is 4. The van der Waals surface area contributed by atoms with Crippen LogP contribution in [0.25, 0.3) is 0 Å². The van der Waals surface area contributed by atoms with E-state index < -0.39 is 36.3 Å². The molecule has 0 spiro atoms. The molecule has 0 aliphatic heterocycles. The van der Waals surface area contributed by atoms with Crippen molar-refractivity contribution in [2.45, 2.75) is 18.6 Å². The molecule has 0 saturated carbocycles. The van der Waals surface area contributed by atoms with Crippen molar-refractivity contribution < 1.29 is 32.3 Å². The summed E-state index contributed by atoms with van der Waals surface area (Å²) in [5.74, 6) is -4.81. The third-order valence-electron chi connectivity index (χ3n) is 2.24. The average Bonchev–Trinajstić information content (AvgIpc) is 2.29. The SMILES string of the molecule is O=C(O)[C@H](Cc1ccccc1F)NC(=O)C(F)(F)F. The van der Waals surface area contributed by atoms with Gasteiger partial charge in [-0.1, -0.05) is 18.2 Å². The topological polar surface area (TPSA) is 66.4 Å². The first-order valence-electron chi connectivity index (χ1n) is 5.05. The molecule has 8 heteroatoms. The zero-order chi connectivity index (χ0) is 14.6. The molecule has 0 heterocycles. The fraction of sp³-hybridized carbons (Fsp3) is 0.273. The lowest BCUT2D eigenvalue weighted by atomic mass is 10.1. The van der Waals surface area contributed by atoms with E-state index in [0.29, 0.717) is 0 Å². The Morgan fingerprint density at radius 2 is 1.84 bits per heavy atom. The first kappa shape index (κ1) is 14.9. The predicted molar refractivity (Wildman–Crippen MR) is 55.7 cm³/mol. The summed E-state index contributed by atoms with van der Waals surface area (Å²) in [5, 5.41) is 10.0. The van der Waals surface area contributed by atoms with Crippen molar-refractivity contribution in [2.75, 3.05) is 0 Å². The second kappa shape index (κ2) is 5.68. The molecule has 1 aromatic rings. The molecule has 0 aliphatic carbocycles. The third-order valence-corrected chi connectivity index (χ3v) is 2.24. The van der Waals surface area contributed by atoms with Crippen LogP contribution in [0.4, 0.5) is 17.6 Å². The smallest absolute Gasteiger partial charge is 0.471 e. The minimum Gasteiger partial charge on any atom is -0.480 e. The Morgan fingerprint density at radius 3 is 2.32 bits per heavy atom. The van der Waals surface area contributed by atoms with Gasteiger partial charge in [0.05, 0.1) is 0 Å². The molecule has 1 atom stereocenters. The lowest BCUT2D eigenvalue weighted by Gasteiger charge is -2.16. The number of carbonyl (C=O) groups excluding carboxylic acids is 1. The maximum atomic E-state index is 13.3. The van der Waals surface area contributed by atoms with Gasteiger partial charge in [0.25, 0.3) is 0 Å². The number of carboxylic acid groups (broad SMARTS) is 1. The quantitative estimate of drug-likeness (QED) is 0.821. The predicted octanol–water partition coefficient (Wildman–Crippen LogP) is 1.50. The van der Waals surface area contributed by atoms with Crippen molar-refractivity contribution in [1.82, 2.24) is 5.32 Å². The van der Waals surface area contributed by atoms with Crippen LogP contribution in [0, 0.1) is 5.82 Å². The largest absolute Gasteiger partial charge is 0.480 e. The Bertz CT molecular complexity index is 487. The van der Waals surface area contributed by atoms with Crippen molar-refractivity contribution in [2.24, 2.45) is 0 Å². The Kier molecular flexibility index (Phi) is 4.47. The van der Waals surface area contributed by atoms with Crippen LogP contribution in [0.3, 0.4) is 0 Å². The van der Waals surface area contributed by atoms with E-state index >= 15 is 0 Å². The van der Waals surface area contributed by atoms with Crippen molar-refractivity contribution in [3.05, 3.63) is 35.6 Å². The number of benzene rings is 1. The lowest BCUT2D eigenvalue weighted by Crippen LogP contribution is -2.48. The molecule has 0 saturated heterocycles. The number of rotatable bonds is 4. The van der Waals surface area contributed by atoms with Crippen molar-refractivity contribution in [1.29, 1.82) is 0 Å². The molecule has 0 aliphatic rings. The highest BCUT2D eigenvalue weighted by Crippen LogP contribution is 2.16. The number of aliphatic carboxylic acids is 1. The summed E-state index contributed by atoms with van der Waals surface area (Å²) in [5.41, 5.74) is -0.0997. The summed E-state index contributed by atoms with van der Waals surface area (Å²) >= 11 is 0. The molecule has 0 aromatic heterocycles. The van der Waals surface area contributed by atoms with Gasteiger partial charge in [0, 0.05) is 6.42 Å². The molecule has 1 amide bonds. The van der Waals surface area contributed by atoms with E-state index in [4.69, 9.17) is 5.11 Å². The molecule has 0 radical (unpaired) electrons. The highest BCUT2D eigenvalue weighted by molar-refractivity contribution is 5.87. The van der Waals surface area contributed by atoms with Crippen LogP contribution < -0.4 is 5.32 Å². The molecule has 0 fully saturated rings. The van der Waals surface area contributed by atoms with E-state index in [9.17, 15) is 27.2 Å². The summed E-state index contributed by atoms with van der Waals surface area (Å²) in [6.07, 6.45) is -5.77. The second-order valence-electron chi connectivity index (χ2n) is 3.66. The van der Waals surface area contributed by atoms with Crippen LogP contribution in [0.15, 0.2) is 24.3 Å². The number of carboxylic acids is 1. The average molecular weight is 279 g/mol. The first-order chi connectivity index (χ1) is 8.71. The monoisotopic (exact) mass is 279 g/mol. The zero-order valence-corrected chi connectivity index (χ0v) is 9.37. The Morgan fingerprint density at radius 1 is 1.26 bits per heavy atom. The van der Waals surface area contributed by atoms with Gasteiger partial charge < -0.3 is 10.4 Å². The Hall–Kier alpha value is -2.12. The number of alkyl halides is 3. The van der Waals surface area contributed by atoms with Crippen molar-refractivity contribution >= 4 is 11.9 Å². The highest BCUT2D eigenvalue weighted by Gasteiger charge is 2.40. The summed E-state index contributed by atoms with van der Waals surface area (Å²) in [7, 11) is 0. The van der Waals surface area contributed by atoms with E-state index in [2.05, 4.69) is 0 Å². The van der Waals surface area contributed by atoms with Gasteiger partial charge in [0.1, 0.15) is 11.9 Å². The number of nitrogens with one attached hydrogen (secondary N) is 1. The molecule has 1 rings (SSSR count). The summed E-state index contributed by atoms with van der Waals surface area (Å²) in [6, 6.07) is 3.17.